The Morgan fingerprint density at radius 2 is 2.00 bits per heavy atom. The maximum atomic E-state index is 10.9. The molecule has 0 bridgehead atoms. The summed E-state index contributed by atoms with van der Waals surface area (Å²) >= 11 is 0. The third kappa shape index (κ3) is 1.99. The fourth-order valence-corrected chi connectivity index (χ4v) is 1.95. The highest BCUT2D eigenvalue weighted by Gasteiger charge is 2.15. The highest BCUT2D eigenvalue weighted by atomic mass is 32.2. The summed E-state index contributed by atoms with van der Waals surface area (Å²) in [6.45, 7) is 1.76. The van der Waals surface area contributed by atoms with Crippen molar-refractivity contribution in [2.45, 2.75) is 11.8 Å². The SMILES string of the molecule is CNc1c(C)cccc1S(=O)(=O)O. The van der Waals surface area contributed by atoms with Crippen LogP contribution in [0.2, 0.25) is 0 Å². The minimum atomic E-state index is -4.13. The molecule has 1 aromatic rings. The van der Waals surface area contributed by atoms with Crippen LogP contribution in [0.25, 0.3) is 0 Å². The fourth-order valence-electron chi connectivity index (χ4n) is 1.18. The maximum absolute atomic E-state index is 10.9. The van der Waals surface area contributed by atoms with Gasteiger partial charge in [-0.2, -0.15) is 8.42 Å². The molecule has 1 aromatic carbocycles. The van der Waals surface area contributed by atoms with Crippen LogP contribution in [0.4, 0.5) is 5.69 Å². The lowest BCUT2D eigenvalue weighted by Crippen LogP contribution is -2.04. The first-order valence-corrected chi connectivity index (χ1v) is 5.15. The molecule has 1 rings (SSSR count). The summed E-state index contributed by atoms with van der Waals surface area (Å²) in [6, 6.07) is 4.70. The standard InChI is InChI=1S/C8H11NO3S/c1-6-4-3-5-7(8(6)9-2)13(10,11)12/h3-5,9H,1-2H3,(H,10,11,12). The summed E-state index contributed by atoms with van der Waals surface area (Å²) in [5.41, 5.74) is 1.21. The van der Waals surface area contributed by atoms with Crippen molar-refractivity contribution in [3.05, 3.63) is 23.8 Å². The monoisotopic (exact) mass is 201 g/mol. The molecule has 0 fully saturated rings. The quantitative estimate of drug-likeness (QED) is 0.707. The van der Waals surface area contributed by atoms with Gasteiger partial charge in [0.05, 0.1) is 5.69 Å². The Morgan fingerprint density at radius 3 is 2.38 bits per heavy atom. The van der Waals surface area contributed by atoms with Crippen molar-refractivity contribution < 1.29 is 13.0 Å². The van der Waals surface area contributed by atoms with Crippen molar-refractivity contribution >= 4 is 15.8 Å². The van der Waals surface area contributed by atoms with Gasteiger partial charge >= 0.3 is 0 Å². The molecule has 0 heterocycles. The second kappa shape index (κ2) is 3.35. The Labute approximate surface area is 77.3 Å². The van der Waals surface area contributed by atoms with Crippen LogP contribution in [0.5, 0.6) is 0 Å². The third-order valence-corrected chi connectivity index (χ3v) is 2.66. The first kappa shape index (κ1) is 10.0. The molecule has 0 radical (unpaired) electrons. The summed E-state index contributed by atoms with van der Waals surface area (Å²) in [6.07, 6.45) is 0. The molecule has 4 nitrogen and oxygen atoms in total. The van der Waals surface area contributed by atoms with Crippen molar-refractivity contribution in [1.82, 2.24) is 0 Å². The second-order valence-corrected chi connectivity index (χ2v) is 4.06. The topological polar surface area (TPSA) is 66.4 Å². The number of benzene rings is 1. The van der Waals surface area contributed by atoms with Gasteiger partial charge in [0.2, 0.25) is 0 Å². The lowest BCUT2D eigenvalue weighted by molar-refractivity contribution is 0.483. The number of hydrogen-bond acceptors (Lipinski definition) is 3. The number of hydrogen-bond donors (Lipinski definition) is 2. The van der Waals surface area contributed by atoms with Crippen molar-refractivity contribution in [2.75, 3.05) is 12.4 Å². The van der Waals surface area contributed by atoms with E-state index in [0.717, 1.165) is 5.56 Å². The molecule has 2 N–H and O–H groups in total. The van der Waals surface area contributed by atoms with Crippen LogP contribution in [0.3, 0.4) is 0 Å². The van der Waals surface area contributed by atoms with E-state index in [0.29, 0.717) is 5.69 Å². The molecular formula is C8H11NO3S. The molecular weight excluding hydrogens is 190 g/mol. The van der Waals surface area contributed by atoms with Gasteiger partial charge in [0.1, 0.15) is 4.90 Å². The minimum Gasteiger partial charge on any atom is -0.387 e. The Bertz CT molecular complexity index is 411. The average molecular weight is 201 g/mol. The predicted octanol–water partition coefficient (Wildman–Crippen LogP) is 1.28. The summed E-state index contributed by atoms with van der Waals surface area (Å²) in [4.78, 5) is -0.0880. The number of rotatable bonds is 2. The maximum Gasteiger partial charge on any atom is 0.296 e. The normalized spacial score (nSPS) is 11.3. The molecule has 0 amide bonds. The van der Waals surface area contributed by atoms with Gasteiger partial charge in [0.15, 0.2) is 0 Å². The van der Waals surface area contributed by atoms with Gasteiger partial charge in [0, 0.05) is 7.05 Å². The van der Waals surface area contributed by atoms with Crippen LogP contribution < -0.4 is 5.32 Å². The summed E-state index contributed by atoms with van der Waals surface area (Å²) in [5, 5.41) is 2.73. The van der Waals surface area contributed by atoms with Crippen LogP contribution in [-0.4, -0.2) is 20.0 Å². The summed E-state index contributed by atoms with van der Waals surface area (Å²) < 4.78 is 30.6. The molecule has 0 saturated heterocycles. The lowest BCUT2D eigenvalue weighted by atomic mass is 10.2. The lowest BCUT2D eigenvalue weighted by Gasteiger charge is -2.08. The Kier molecular flexibility index (Phi) is 2.58. The third-order valence-electron chi connectivity index (χ3n) is 1.76. The van der Waals surface area contributed by atoms with Gasteiger partial charge in [-0.25, -0.2) is 0 Å². The van der Waals surface area contributed by atoms with E-state index in [1.54, 1.807) is 26.1 Å². The van der Waals surface area contributed by atoms with E-state index in [2.05, 4.69) is 5.32 Å². The van der Waals surface area contributed by atoms with E-state index in [1.165, 1.54) is 6.07 Å². The van der Waals surface area contributed by atoms with E-state index in [9.17, 15) is 8.42 Å². The van der Waals surface area contributed by atoms with Gasteiger partial charge in [-0.05, 0) is 18.6 Å². The highest BCUT2D eigenvalue weighted by molar-refractivity contribution is 7.86. The molecule has 0 saturated carbocycles. The Morgan fingerprint density at radius 1 is 1.38 bits per heavy atom. The van der Waals surface area contributed by atoms with Crippen molar-refractivity contribution in [3.8, 4) is 0 Å². The van der Waals surface area contributed by atoms with Gasteiger partial charge in [-0.15, -0.1) is 0 Å². The van der Waals surface area contributed by atoms with E-state index in [1.807, 2.05) is 0 Å². The van der Waals surface area contributed by atoms with Crippen LogP contribution in [-0.2, 0) is 10.1 Å². The van der Waals surface area contributed by atoms with Gasteiger partial charge in [-0.3, -0.25) is 4.55 Å². The first-order valence-electron chi connectivity index (χ1n) is 3.71. The molecule has 0 atom stereocenters. The highest BCUT2D eigenvalue weighted by Crippen LogP contribution is 2.23. The van der Waals surface area contributed by atoms with E-state index in [4.69, 9.17) is 4.55 Å². The van der Waals surface area contributed by atoms with Crippen molar-refractivity contribution in [2.24, 2.45) is 0 Å². The number of nitrogens with one attached hydrogen (secondary N) is 1. The van der Waals surface area contributed by atoms with Crippen LogP contribution >= 0.6 is 0 Å². The number of anilines is 1. The molecule has 0 spiro atoms. The van der Waals surface area contributed by atoms with Crippen LogP contribution in [0, 0.1) is 6.92 Å². The number of aryl methyl sites for hydroxylation is 1. The molecule has 0 aliphatic heterocycles. The van der Waals surface area contributed by atoms with E-state index >= 15 is 0 Å². The molecule has 72 valence electrons. The molecule has 0 unspecified atom stereocenters. The molecule has 13 heavy (non-hydrogen) atoms. The minimum absolute atomic E-state index is 0.0880. The zero-order chi connectivity index (χ0) is 10.1. The number of para-hydroxylation sites is 1. The fraction of sp³-hybridized carbons (Fsp3) is 0.250. The summed E-state index contributed by atoms with van der Waals surface area (Å²) in [5.74, 6) is 0. The molecule has 0 aliphatic carbocycles. The van der Waals surface area contributed by atoms with Crippen LogP contribution in [0.1, 0.15) is 5.56 Å². The van der Waals surface area contributed by atoms with Gasteiger partial charge < -0.3 is 5.32 Å². The Balaban J connectivity index is 3.47. The first-order chi connectivity index (χ1) is 5.96. The second-order valence-electron chi connectivity index (χ2n) is 2.67. The van der Waals surface area contributed by atoms with Crippen molar-refractivity contribution in [3.63, 3.8) is 0 Å². The van der Waals surface area contributed by atoms with E-state index in [-0.39, 0.29) is 4.90 Å². The van der Waals surface area contributed by atoms with E-state index < -0.39 is 10.1 Å². The smallest absolute Gasteiger partial charge is 0.296 e. The van der Waals surface area contributed by atoms with Crippen molar-refractivity contribution in [1.29, 1.82) is 0 Å². The molecule has 0 aliphatic rings. The Hall–Kier alpha value is -1.07. The van der Waals surface area contributed by atoms with Crippen LogP contribution in [0.15, 0.2) is 23.1 Å². The predicted molar refractivity (Wildman–Crippen MR) is 50.5 cm³/mol. The molecule has 5 heteroatoms. The summed E-state index contributed by atoms with van der Waals surface area (Å²) in [7, 11) is -2.52. The van der Waals surface area contributed by atoms with Gasteiger partial charge in [0.25, 0.3) is 10.1 Å². The average Bonchev–Trinajstić information content (AvgIpc) is 2.02. The van der Waals surface area contributed by atoms with Gasteiger partial charge in [-0.1, -0.05) is 12.1 Å². The largest absolute Gasteiger partial charge is 0.387 e. The molecule has 0 aromatic heterocycles. The zero-order valence-electron chi connectivity index (χ0n) is 7.40. The zero-order valence-corrected chi connectivity index (χ0v) is 8.22.